The predicted octanol–water partition coefficient (Wildman–Crippen LogP) is 3.73. The van der Waals surface area contributed by atoms with Crippen LogP contribution in [0.1, 0.15) is 0 Å². The van der Waals surface area contributed by atoms with Crippen LogP contribution in [0.3, 0.4) is 0 Å². The molecule has 0 aliphatic heterocycles. The van der Waals surface area contributed by atoms with Crippen LogP contribution in [0.5, 0.6) is 5.75 Å². The molecule has 0 radical (unpaired) electrons. The van der Waals surface area contributed by atoms with Gasteiger partial charge in [-0.3, -0.25) is 0 Å². The van der Waals surface area contributed by atoms with E-state index in [1.54, 1.807) is 7.11 Å². The Bertz CT molecular complexity index is 939. The first kappa shape index (κ1) is 14.3. The van der Waals surface area contributed by atoms with Crippen molar-refractivity contribution < 1.29 is 4.74 Å². The highest BCUT2D eigenvalue weighted by Crippen LogP contribution is 2.20. The zero-order valence-corrected chi connectivity index (χ0v) is 13.2. The van der Waals surface area contributed by atoms with E-state index >= 15 is 0 Å². The average Bonchev–Trinajstić information content (AvgIpc) is 3.32. The van der Waals surface area contributed by atoms with Crippen molar-refractivity contribution in [2.75, 3.05) is 7.11 Å². The minimum Gasteiger partial charge on any atom is -0.497 e. The predicted molar refractivity (Wildman–Crippen MR) is 92.7 cm³/mol. The van der Waals surface area contributed by atoms with E-state index in [9.17, 15) is 0 Å². The molecule has 4 rings (SSSR count). The number of hydrogen-bond donors (Lipinski definition) is 0. The molecule has 0 saturated carbocycles. The van der Waals surface area contributed by atoms with Gasteiger partial charge in [-0.05, 0) is 42.5 Å². The highest BCUT2D eigenvalue weighted by molar-refractivity contribution is 5.57. The molecular weight excluding hydrogens is 300 g/mol. The van der Waals surface area contributed by atoms with Crippen LogP contribution in [0.25, 0.3) is 22.6 Å². The van der Waals surface area contributed by atoms with Crippen molar-refractivity contribution in [3.05, 3.63) is 79.3 Å². The van der Waals surface area contributed by atoms with Crippen molar-refractivity contribution in [1.82, 2.24) is 19.6 Å². The summed E-state index contributed by atoms with van der Waals surface area (Å²) in [7, 11) is 1.66. The molecule has 5 heteroatoms. The van der Waals surface area contributed by atoms with E-state index in [0.29, 0.717) is 0 Å². The van der Waals surface area contributed by atoms with E-state index < -0.39 is 0 Å². The third-order valence-corrected chi connectivity index (χ3v) is 3.83. The van der Waals surface area contributed by atoms with Crippen LogP contribution < -0.4 is 4.74 Å². The number of rotatable bonds is 4. The molecule has 2 heterocycles. The van der Waals surface area contributed by atoms with E-state index in [1.165, 1.54) is 0 Å². The number of methoxy groups -OCH3 is 1. The van der Waals surface area contributed by atoms with Crippen molar-refractivity contribution in [1.29, 1.82) is 0 Å². The van der Waals surface area contributed by atoms with Gasteiger partial charge in [0.25, 0.3) is 0 Å². The number of hydrogen-bond acceptors (Lipinski definition) is 3. The van der Waals surface area contributed by atoms with Gasteiger partial charge in [0.1, 0.15) is 5.75 Å². The molecular formula is C19H16N4O. The molecule has 2 aromatic carbocycles. The summed E-state index contributed by atoms with van der Waals surface area (Å²) in [6.45, 7) is 0. The van der Waals surface area contributed by atoms with Crippen LogP contribution in [0.2, 0.25) is 0 Å². The maximum atomic E-state index is 5.18. The van der Waals surface area contributed by atoms with Crippen LogP contribution in [0.4, 0.5) is 0 Å². The van der Waals surface area contributed by atoms with Crippen molar-refractivity contribution >= 4 is 0 Å². The van der Waals surface area contributed by atoms with E-state index in [4.69, 9.17) is 4.74 Å². The fourth-order valence-corrected chi connectivity index (χ4v) is 2.53. The quantitative estimate of drug-likeness (QED) is 0.576. The molecule has 0 aliphatic rings. The summed E-state index contributed by atoms with van der Waals surface area (Å²) in [6, 6.07) is 19.8. The third kappa shape index (κ3) is 2.67. The summed E-state index contributed by atoms with van der Waals surface area (Å²) >= 11 is 0. The van der Waals surface area contributed by atoms with Gasteiger partial charge in [-0.1, -0.05) is 18.2 Å². The Morgan fingerprint density at radius 1 is 0.833 bits per heavy atom. The van der Waals surface area contributed by atoms with Gasteiger partial charge >= 0.3 is 0 Å². The number of ether oxygens (including phenoxy) is 1. The molecule has 0 saturated heterocycles. The summed E-state index contributed by atoms with van der Waals surface area (Å²) in [6.07, 6.45) is 5.75. The monoisotopic (exact) mass is 316 g/mol. The number of aromatic nitrogens is 4. The Hall–Kier alpha value is -3.34. The summed E-state index contributed by atoms with van der Waals surface area (Å²) in [5.41, 5.74) is 3.87. The lowest BCUT2D eigenvalue weighted by molar-refractivity contribution is 0.414. The minimum absolute atomic E-state index is 0.829. The molecule has 0 unspecified atom stereocenters. The fraction of sp³-hybridized carbons (Fsp3) is 0.0526. The normalized spacial score (nSPS) is 10.7. The fourth-order valence-electron chi connectivity index (χ4n) is 2.53. The van der Waals surface area contributed by atoms with Gasteiger partial charge < -0.3 is 4.74 Å². The van der Waals surface area contributed by atoms with Gasteiger partial charge in [0, 0.05) is 18.0 Å². The van der Waals surface area contributed by atoms with Gasteiger partial charge in [-0.2, -0.15) is 10.2 Å². The van der Waals surface area contributed by atoms with E-state index in [1.807, 2.05) is 88.6 Å². The molecule has 0 amide bonds. The third-order valence-electron chi connectivity index (χ3n) is 3.83. The lowest BCUT2D eigenvalue weighted by Crippen LogP contribution is -1.95. The second-order valence-corrected chi connectivity index (χ2v) is 5.35. The van der Waals surface area contributed by atoms with Gasteiger partial charge in [0.2, 0.25) is 0 Å². The number of para-hydroxylation sites is 1. The van der Waals surface area contributed by atoms with E-state index in [0.717, 1.165) is 28.4 Å². The maximum absolute atomic E-state index is 5.18. The molecule has 0 atom stereocenters. The molecule has 2 aromatic heterocycles. The Kier molecular flexibility index (Phi) is 3.59. The first-order valence-corrected chi connectivity index (χ1v) is 7.64. The number of nitrogens with zero attached hydrogens (tertiary/aromatic N) is 4. The Labute approximate surface area is 139 Å². The average molecular weight is 316 g/mol. The molecule has 0 aliphatic carbocycles. The molecule has 0 N–H and O–H groups in total. The van der Waals surface area contributed by atoms with Gasteiger partial charge in [0.05, 0.1) is 30.4 Å². The Morgan fingerprint density at radius 3 is 2.33 bits per heavy atom. The van der Waals surface area contributed by atoms with Crippen molar-refractivity contribution in [2.45, 2.75) is 0 Å². The highest BCUT2D eigenvalue weighted by Gasteiger charge is 2.07. The largest absolute Gasteiger partial charge is 0.497 e. The second kappa shape index (κ2) is 6.04. The van der Waals surface area contributed by atoms with Crippen molar-refractivity contribution in [3.63, 3.8) is 0 Å². The van der Waals surface area contributed by atoms with Crippen molar-refractivity contribution in [3.8, 4) is 28.4 Å². The standard InChI is InChI=1S/C19H16N4O/c1-24-18-9-7-17(8-10-18)22-12-11-19(21-22)15-13-20-23(14-15)16-5-3-2-4-6-16/h2-14H,1H3. The number of benzene rings is 2. The Morgan fingerprint density at radius 2 is 1.58 bits per heavy atom. The van der Waals surface area contributed by atoms with Crippen LogP contribution in [0, 0.1) is 0 Å². The van der Waals surface area contributed by atoms with Crippen LogP contribution in [0.15, 0.2) is 79.3 Å². The molecule has 0 fully saturated rings. The molecule has 4 aromatic rings. The maximum Gasteiger partial charge on any atom is 0.119 e. The van der Waals surface area contributed by atoms with Crippen LogP contribution in [-0.2, 0) is 0 Å². The van der Waals surface area contributed by atoms with Gasteiger partial charge in [0.15, 0.2) is 0 Å². The Balaban J connectivity index is 1.62. The molecule has 0 spiro atoms. The summed E-state index contributed by atoms with van der Waals surface area (Å²) in [5.74, 6) is 0.829. The molecule has 24 heavy (non-hydrogen) atoms. The SMILES string of the molecule is COc1ccc(-n2ccc(-c3cnn(-c4ccccc4)c3)n2)cc1. The van der Waals surface area contributed by atoms with Gasteiger partial charge in [-0.15, -0.1) is 0 Å². The first-order valence-electron chi connectivity index (χ1n) is 7.64. The van der Waals surface area contributed by atoms with E-state index in [2.05, 4.69) is 10.2 Å². The van der Waals surface area contributed by atoms with Crippen molar-refractivity contribution in [2.24, 2.45) is 0 Å². The van der Waals surface area contributed by atoms with Crippen LogP contribution >= 0.6 is 0 Å². The summed E-state index contributed by atoms with van der Waals surface area (Å²) in [5, 5.41) is 9.05. The zero-order valence-electron chi connectivity index (χ0n) is 13.2. The summed E-state index contributed by atoms with van der Waals surface area (Å²) in [4.78, 5) is 0. The molecule has 0 bridgehead atoms. The minimum atomic E-state index is 0.829. The molecule has 5 nitrogen and oxygen atoms in total. The first-order chi connectivity index (χ1) is 11.8. The topological polar surface area (TPSA) is 44.9 Å². The molecule has 118 valence electrons. The van der Waals surface area contributed by atoms with E-state index in [-0.39, 0.29) is 0 Å². The lowest BCUT2D eigenvalue weighted by Gasteiger charge is -2.03. The van der Waals surface area contributed by atoms with Crippen LogP contribution in [-0.4, -0.2) is 26.7 Å². The van der Waals surface area contributed by atoms with Gasteiger partial charge in [-0.25, -0.2) is 9.36 Å². The second-order valence-electron chi connectivity index (χ2n) is 5.35. The zero-order chi connectivity index (χ0) is 16.4. The lowest BCUT2D eigenvalue weighted by atomic mass is 10.2. The highest BCUT2D eigenvalue weighted by atomic mass is 16.5. The smallest absolute Gasteiger partial charge is 0.119 e. The summed E-state index contributed by atoms with van der Waals surface area (Å²) < 4.78 is 8.87.